The lowest BCUT2D eigenvalue weighted by atomic mass is 9.75. The van der Waals surface area contributed by atoms with Crippen molar-refractivity contribution in [1.82, 2.24) is 10.3 Å². The highest BCUT2D eigenvalue weighted by Crippen LogP contribution is 2.49. The van der Waals surface area contributed by atoms with Crippen LogP contribution < -0.4 is 10.6 Å². The number of carbonyl (C=O) groups excluding carboxylic acids is 1. The molecule has 31 heavy (non-hydrogen) atoms. The Labute approximate surface area is 175 Å². The van der Waals surface area contributed by atoms with Crippen LogP contribution in [0.2, 0.25) is 5.02 Å². The van der Waals surface area contributed by atoms with Crippen LogP contribution in [-0.2, 0) is 16.9 Å². The second-order valence-corrected chi connectivity index (χ2v) is 7.84. The summed E-state index contributed by atoms with van der Waals surface area (Å²) in [5.41, 5.74) is -2.86. The maximum absolute atomic E-state index is 14.8. The number of hydrogen-bond donors (Lipinski definition) is 2. The summed E-state index contributed by atoms with van der Waals surface area (Å²) in [5, 5.41) is 3.98. The van der Waals surface area contributed by atoms with Crippen LogP contribution in [0.5, 0.6) is 0 Å². The Kier molecular flexibility index (Phi) is 5.16. The minimum absolute atomic E-state index is 0.00907. The molecular formula is C19H13ClF7N3O. The molecule has 0 aliphatic carbocycles. The molecule has 1 aromatic heterocycles. The maximum Gasteiger partial charge on any atom is 0.417 e. The molecule has 2 aliphatic heterocycles. The maximum atomic E-state index is 14.8. The molecule has 0 spiro atoms. The molecule has 0 saturated carbocycles. The van der Waals surface area contributed by atoms with Gasteiger partial charge < -0.3 is 10.6 Å². The molecule has 2 aromatic rings. The lowest BCUT2D eigenvalue weighted by Crippen LogP contribution is -2.55. The number of piperidine rings is 1. The highest BCUT2D eigenvalue weighted by molar-refractivity contribution is 6.31. The van der Waals surface area contributed by atoms with E-state index in [2.05, 4.69) is 15.6 Å². The number of alkyl halides is 5. The number of nitrogens with one attached hydrogen (secondary N) is 2. The summed E-state index contributed by atoms with van der Waals surface area (Å²) < 4.78 is 96.2. The number of amides is 1. The summed E-state index contributed by atoms with van der Waals surface area (Å²) in [4.78, 5) is 15.9. The molecule has 3 heterocycles. The summed E-state index contributed by atoms with van der Waals surface area (Å²) in [6, 6.07) is -0.355. The second-order valence-electron chi connectivity index (χ2n) is 7.43. The molecule has 2 N–H and O–H groups in total. The van der Waals surface area contributed by atoms with Crippen molar-refractivity contribution in [3.05, 3.63) is 57.9 Å². The number of anilines is 1. The van der Waals surface area contributed by atoms with Crippen LogP contribution in [0.4, 0.5) is 36.4 Å². The zero-order valence-electron chi connectivity index (χ0n) is 15.3. The first-order chi connectivity index (χ1) is 14.4. The number of nitrogens with zero attached hydrogens (tertiary/aromatic N) is 1. The third-order valence-electron chi connectivity index (χ3n) is 5.52. The van der Waals surface area contributed by atoms with Crippen molar-refractivity contribution in [3.8, 4) is 0 Å². The lowest BCUT2D eigenvalue weighted by Gasteiger charge is -2.44. The Bertz CT molecular complexity index is 1060. The number of fused-ring (bicyclic) bond motifs is 4. The molecule has 4 nitrogen and oxygen atoms in total. The van der Waals surface area contributed by atoms with Gasteiger partial charge in [0.2, 0.25) is 11.9 Å². The van der Waals surface area contributed by atoms with Crippen LogP contribution in [0, 0.1) is 17.7 Å². The molecule has 1 saturated heterocycles. The molecule has 2 aliphatic rings. The number of carbonyl (C=O) groups is 1. The average Bonchev–Trinajstić information content (AvgIpc) is 2.68. The quantitative estimate of drug-likeness (QED) is 0.472. The van der Waals surface area contributed by atoms with E-state index >= 15 is 0 Å². The van der Waals surface area contributed by atoms with Crippen molar-refractivity contribution in [1.29, 1.82) is 0 Å². The van der Waals surface area contributed by atoms with Gasteiger partial charge in [0, 0.05) is 18.2 Å². The van der Waals surface area contributed by atoms with Crippen molar-refractivity contribution < 1.29 is 35.5 Å². The Morgan fingerprint density at radius 3 is 2.61 bits per heavy atom. The van der Waals surface area contributed by atoms with Crippen molar-refractivity contribution in [2.45, 2.75) is 37.0 Å². The minimum atomic E-state index is -4.89. The van der Waals surface area contributed by atoms with Gasteiger partial charge in [-0.25, -0.2) is 9.37 Å². The molecule has 2 bridgehead atoms. The lowest BCUT2D eigenvalue weighted by molar-refractivity contribution is -0.137. The molecule has 1 aromatic carbocycles. The summed E-state index contributed by atoms with van der Waals surface area (Å²) in [5.74, 6) is -8.20. The van der Waals surface area contributed by atoms with Crippen LogP contribution >= 0.6 is 11.6 Å². The summed E-state index contributed by atoms with van der Waals surface area (Å²) in [6.07, 6.45) is -4.27. The SMILES string of the molecule is O=C(Nc1cc(Cl)c(C(F)(F)F)cc1F)C1CC2NC(C1)C(F)(F)c1c2ccnc1F. The van der Waals surface area contributed by atoms with E-state index in [1.54, 1.807) is 0 Å². The van der Waals surface area contributed by atoms with Crippen LogP contribution in [0.1, 0.15) is 35.6 Å². The molecule has 0 radical (unpaired) electrons. The monoisotopic (exact) mass is 467 g/mol. The molecule has 166 valence electrons. The van der Waals surface area contributed by atoms with Gasteiger partial charge in [-0.3, -0.25) is 4.79 Å². The van der Waals surface area contributed by atoms with Crippen molar-refractivity contribution in [2.24, 2.45) is 5.92 Å². The first-order valence-corrected chi connectivity index (χ1v) is 9.43. The largest absolute Gasteiger partial charge is 0.417 e. The van der Waals surface area contributed by atoms with E-state index in [4.69, 9.17) is 11.6 Å². The fourth-order valence-corrected chi connectivity index (χ4v) is 4.34. The third-order valence-corrected chi connectivity index (χ3v) is 5.83. The minimum Gasteiger partial charge on any atom is -0.323 e. The molecule has 4 rings (SSSR count). The van der Waals surface area contributed by atoms with Crippen LogP contribution in [0.15, 0.2) is 24.4 Å². The van der Waals surface area contributed by atoms with Crippen molar-refractivity contribution >= 4 is 23.2 Å². The number of rotatable bonds is 2. The fraction of sp³-hybridized carbons (Fsp3) is 0.368. The van der Waals surface area contributed by atoms with Gasteiger partial charge in [-0.1, -0.05) is 11.6 Å². The zero-order chi connectivity index (χ0) is 22.7. The van der Waals surface area contributed by atoms with Crippen LogP contribution in [0.25, 0.3) is 0 Å². The van der Waals surface area contributed by atoms with E-state index in [1.807, 2.05) is 0 Å². The predicted molar refractivity (Wildman–Crippen MR) is 95.5 cm³/mol. The fourth-order valence-electron chi connectivity index (χ4n) is 4.07. The Hall–Kier alpha value is -2.40. The van der Waals surface area contributed by atoms with Crippen molar-refractivity contribution in [2.75, 3.05) is 5.32 Å². The third kappa shape index (κ3) is 3.73. The first kappa shape index (κ1) is 21.8. The van der Waals surface area contributed by atoms with E-state index in [9.17, 15) is 35.5 Å². The van der Waals surface area contributed by atoms with E-state index in [-0.39, 0.29) is 18.1 Å². The number of hydrogen-bond acceptors (Lipinski definition) is 3. The van der Waals surface area contributed by atoms with E-state index in [0.29, 0.717) is 6.07 Å². The van der Waals surface area contributed by atoms with E-state index in [0.717, 1.165) is 6.20 Å². The highest BCUT2D eigenvalue weighted by Gasteiger charge is 2.54. The number of pyridine rings is 1. The zero-order valence-corrected chi connectivity index (χ0v) is 16.1. The van der Waals surface area contributed by atoms with E-state index in [1.165, 1.54) is 6.07 Å². The Morgan fingerprint density at radius 2 is 1.94 bits per heavy atom. The van der Waals surface area contributed by atoms with Gasteiger partial charge in [-0.2, -0.15) is 26.3 Å². The van der Waals surface area contributed by atoms with Gasteiger partial charge >= 0.3 is 6.18 Å². The number of benzene rings is 1. The molecule has 1 amide bonds. The first-order valence-electron chi connectivity index (χ1n) is 9.05. The molecule has 1 fully saturated rings. The molecule has 3 unspecified atom stereocenters. The van der Waals surface area contributed by atoms with Gasteiger partial charge in [-0.15, -0.1) is 0 Å². The predicted octanol–water partition coefficient (Wildman–Crippen LogP) is 5.19. The normalized spacial score (nSPS) is 24.5. The Balaban J connectivity index is 1.59. The summed E-state index contributed by atoms with van der Waals surface area (Å²) in [6.45, 7) is 0. The average molecular weight is 468 g/mol. The smallest absolute Gasteiger partial charge is 0.323 e. The summed E-state index contributed by atoms with van der Waals surface area (Å²) >= 11 is 5.55. The highest BCUT2D eigenvalue weighted by atomic mass is 35.5. The Morgan fingerprint density at radius 1 is 1.23 bits per heavy atom. The van der Waals surface area contributed by atoms with E-state index < -0.39 is 76.0 Å². The molecular weight excluding hydrogens is 455 g/mol. The van der Waals surface area contributed by atoms with Crippen molar-refractivity contribution in [3.63, 3.8) is 0 Å². The number of aromatic nitrogens is 1. The van der Waals surface area contributed by atoms with Gasteiger partial charge in [0.05, 0.1) is 27.9 Å². The van der Waals surface area contributed by atoms with Crippen LogP contribution in [-0.4, -0.2) is 16.9 Å². The topological polar surface area (TPSA) is 54.0 Å². The van der Waals surface area contributed by atoms with Crippen LogP contribution in [0.3, 0.4) is 0 Å². The molecule has 12 heteroatoms. The summed E-state index contributed by atoms with van der Waals surface area (Å²) in [7, 11) is 0. The molecule has 3 atom stereocenters. The van der Waals surface area contributed by atoms with Gasteiger partial charge in [0.1, 0.15) is 5.82 Å². The number of halogens is 8. The van der Waals surface area contributed by atoms with Gasteiger partial charge in [0.25, 0.3) is 5.92 Å². The standard InChI is InChI=1S/C19H13ClF7N3O/c20-10-6-13(11(21)5-9(10)19(25,26)27)30-17(31)7-3-12-8-1-2-28-16(22)15(8)18(23,24)14(4-7)29-12/h1-2,5-7,12,14,29H,3-4H2,(H,30,31). The second kappa shape index (κ2) is 7.33. The van der Waals surface area contributed by atoms with Gasteiger partial charge in [-0.05, 0) is 36.6 Å². The van der Waals surface area contributed by atoms with Gasteiger partial charge in [0.15, 0.2) is 0 Å².